The number of aromatic hydroxyl groups is 4. The van der Waals surface area contributed by atoms with Gasteiger partial charge in [-0.3, -0.25) is 0 Å². The van der Waals surface area contributed by atoms with E-state index in [9.17, 15) is 20.4 Å². The molecule has 0 aliphatic rings. The smallest absolute Gasteiger partial charge is 0.223 e. The van der Waals surface area contributed by atoms with Crippen LogP contribution in [0.5, 0.6) is 23.0 Å². The molecule has 1 heterocycles. The molecule has 0 bridgehead atoms. The molecule has 34 heavy (non-hydrogen) atoms. The van der Waals surface area contributed by atoms with Crippen molar-refractivity contribution in [1.29, 1.82) is 0 Å². The molecule has 0 spiro atoms. The minimum atomic E-state index is -0.486. The van der Waals surface area contributed by atoms with Crippen molar-refractivity contribution in [3.05, 3.63) is 83.6 Å². The van der Waals surface area contributed by atoms with Gasteiger partial charge in [-0.15, -0.1) is 0 Å². The van der Waals surface area contributed by atoms with E-state index in [1.165, 1.54) is 6.92 Å². The van der Waals surface area contributed by atoms with Crippen LogP contribution in [-0.2, 0) is 0 Å². The van der Waals surface area contributed by atoms with Gasteiger partial charge in [-0.25, -0.2) is 9.97 Å². The van der Waals surface area contributed by atoms with Crippen LogP contribution in [0.1, 0.15) is 5.56 Å². The third kappa shape index (κ3) is 3.54. The Balaban J connectivity index is 1.50. The SMILES string of the molecule is Cc1c(O)c(O)c(-c2ccc(-c3ccc(-c4nc(Cl)nc5ccccc45)cc3)cc2)c(O)c1O. The van der Waals surface area contributed by atoms with E-state index in [2.05, 4.69) is 9.97 Å². The Morgan fingerprint density at radius 3 is 1.68 bits per heavy atom. The second-order valence-electron chi connectivity index (χ2n) is 7.91. The van der Waals surface area contributed by atoms with Gasteiger partial charge in [0.15, 0.2) is 23.0 Å². The largest absolute Gasteiger partial charge is 0.504 e. The molecule has 0 saturated heterocycles. The molecule has 5 aromatic rings. The van der Waals surface area contributed by atoms with Crippen LogP contribution in [0.15, 0.2) is 72.8 Å². The minimum absolute atomic E-state index is 0.00760. The van der Waals surface area contributed by atoms with E-state index in [4.69, 9.17) is 11.6 Å². The molecule has 6 nitrogen and oxygen atoms in total. The van der Waals surface area contributed by atoms with Crippen LogP contribution >= 0.6 is 11.6 Å². The first-order chi connectivity index (χ1) is 16.3. The molecule has 4 aromatic carbocycles. The predicted molar refractivity (Wildman–Crippen MR) is 132 cm³/mol. The van der Waals surface area contributed by atoms with Gasteiger partial charge in [-0.05, 0) is 41.3 Å². The first kappa shape index (κ1) is 21.6. The van der Waals surface area contributed by atoms with Crippen molar-refractivity contribution < 1.29 is 20.4 Å². The lowest BCUT2D eigenvalue weighted by Crippen LogP contribution is -1.91. The van der Waals surface area contributed by atoms with Crippen molar-refractivity contribution in [2.45, 2.75) is 6.92 Å². The van der Waals surface area contributed by atoms with Crippen molar-refractivity contribution in [2.24, 2.45) is 0 Å². The third-order valence-electron chi connectivity index (χ3n) is 5.87. The van der Waals surface area contributed by atoms with Gasteiger partial charge in [0.2, 0.25) is 5.28 Å². The van der Waals surface area contributed by atoms with Crippen LogP contribution in [-0.4, -0.2) is 30.4 Å². The molecular weight excluding hydrogens is 452 g/mol. The first-order valence-electron chi connectivity index (χ1n) is 10.4. The first-order valence-corrected chi connectivity index (χ1v) is 10.8. The maximum atomic E-state index is 10.3. The Hall–Kier alpha value is -4.29. The minimum Gasteiger partial charge on any atom is -0.504 e. The summed E-state index contributed by atoms with van der Waals surface area (Å²) < 4.78 is 0. The summed E-state index contributed by atoms with van der Waals surface area (Å²) in [7, 11) is 0. The van der Waals surface area contributed by atoms with Crippen molar-refractivity contribution in [3.8, 4) is 56.5 Å². The standard InChI is InChI=1S/C27H19ClN2O4/c1-14-23(31)25(33)21(26(34)24(14)32)17-10-6-15(7-11-17)16-8-12-18(13-9-16)22-19-4-2-3-5-20(19)29-27(28)30-22/h2-13,31-34H,1H3. The second-order valence-corrected chi connectivity index (χ2v) is 8.25. The number of aromatic nitrogens is 2. The molecule has 0 aliphatic carbocycles. The number of rotatable bonds is 3. The van der Waals surface area contributed by atoms with E-state index in [1.807, 2.05) is 60.7 Å². The summed E-state index contributed by atoms with van der Waals surface area (Å²) in [6, 6.07) is 22.6. The Bertz CT molecular complexity index is 1520. The highest BCUT2D eigenvalue weighted by Crippen LogP contribution is 2.50. The highest BCUT2D eigenvalue weighted by molar-refractivity contribution is 6.28. The third-order valence-corrected chi connectivity index (χ3v) is 6.04. The van der Waals surface area contributed by atoms with Crippen molar-refractivity contribution in [2.75, 3.05) is 0 Å². The molecule has 0 atom stereocenters. The average Bonchev–Trinajstić information content (AvgIpc) is 2.86. The number of hydrogen-bond acceptors (Lipinski definition) is 6. The van der Waals surface area contributed by atoms with Crippen molar-refractivity contribution in [3.63, 3.8) is 0 Å². The summed E-state index contributed by atoms with van der Waals surface area (Å²) in [5.74, 6) is -1.91. The molecule has 168 valence electrons. The van der Waals surface area contributed by atoms with Gasteiger partial charge in [-0.2, -0.15) is 0 Å². The molecule has 0 amide bonds. The number of fused-ring (bicyclic) bond motifs is 1. The highest BCUT2D eigenvalue weighted by atomic mass is 35.5. The van der Waals surface area contributed by atoms with Crippen LogP contribution in [0.3, 0.4) is 0 Å². The number of halogens is 1. The van der Waals surface area contributed by atoms with Gasteiger partial charge < -0.3 is 20.4 Å². The lowest BCUT2D eigenvalue weighted by atomic mass is 9.96. The zero-order valence-corrected chi connectivity index (χ0v) is 18.7. The van der Waals surface area contributed by atoms with Crippen molar-refractivity contribution >= 4 is 22.5 Å². The zero-order chi connectivity index (χ0) is 24.0. The summed E-state index contributed by atoms with van der Waals surface area (Å²) in [6.07, 6.45) is 0. The number of benzene rings is 4. The molecule has 0 radical (unpaired) electrons. The van der Waals surface area contributed by atoms with E-state index in [-0.39, 0.29) is 16.4 Å². The zero-order valence-electron chi connectivity index (χ0n) is 18.0. The monoisotopic (exact) mass is 470 g/mol. The molecular formula is C27H19ClN2O4. The lowest BCUT2D eigenvalue weighted by Gasteiger charge is -2.14. The van der Waals surface area contributed by atoms with Crippen LogP contribution < -0.4 is 0 Å². The Morgan fingerprint density at radius 2 is 1.09 bits per heavy atom. The summed E-state index contributed by atoms with van der Waals surface area (Å²) in [5.41, 5.74) is 4.70. The summed E-state index contributed by atoms with van der Waals surface area (Å²) in [6.45, 7) is 1.40. The molecule has 7 heteroatoms. The maximum absolute atomic E-state index is 10.3. The Morgan fingerprint density at radius 1 is 0.588 bits per heavy atom. The fraction of sp³-hybridized carbons (Fsp3) is 0.0370. The molecule has 0 aliphatic heterocycles. The van der Waals surface area contributed by atoms with Gasteiger partial charge in [0.25, 0.3) is 0 Å². The lowest BCUT2D eigenvalue weighted by molar-refractivity contribution is 0.371. The van der Waals surface area contributed by atoms with Gasteiger partial charge >= 0.3 is 0 Å². The predicted octanol–water partition coefficient (Wildman–Crippen LogP) is 6.42. The summed E-state index contributed by atoms with van der Waals surface area (Å²) >= 11 is 6.13. The molecule has 0 unspecified atom stereocenters. The number of para-hydroxylation sites is 1. The van der Waals surface area contributed by atoms with Crippen molar-refractivity contribution in [1.82, 2.24) is 9.97 Å². The van der Waals surface area contributed by atoms with Gasteiger partial charge in [0, 0.05) is 16.5 Å². The molecule has 1 aromatic heterocycles. The van der Waals surface area contributed by atoms with E-state index in [0.29, 0.717) is 5.56 Å². The van der Waals surface area contributed by atoms with E-state index in [0.717, 1.165) is 33.3 Å². The van der Waals surface area contributed by atoms with Gasteiger partial charge in [0.1, 0.15) is 0 Å². The van der Waals surface area contributed by atoms with Gasteiger partial charge in [0.05, 0.1) is 16.8 Å². The molecule has 0 saturated carbocycles. The fourth-order valence-corrected chi connectivity index (χ4v) is 4.18. The van der Waals surface area contributed by atoms with Crippen LogP contribution in [0, 0.1) is 6.92 Å². The normalized spacial score (nSPS) is 11.1. The molecule has 0 fully saturated rings. The maximum Gasteiger partial charge on any atom is 0.223 e. The second kappa shape index (κ2) is 8.24. The molecule has 5 rings (SSSR count). The molecule has 4 N–H and O–H groups in total. The topological polar surface area (TPSA) is 107 Å². The number of nitrogens with zero attached hydrogens (tertiary/aromatic N) is 2. The number of phenolic OH excluding ortho intramolecular Hbond substituents is 4. The van der Waals surface area contributed by atoms with Crippen LogP contribution in [0.4, 0.5) is 0 Å². The van der Waals surface area contributed by atoms with Crippen LogP contribution in [0.2, 0.25) is 5.28 Å². The van der Waals surface area contributed by atoms with E-state index >= 15 is 0 Å². The number of hydrogen-bond donors (Lipinski definition) is 4. The van der Waals surface area contributed by atoms with Crippen LogP contribution in [0.25, 0.3) is 44.4 Å². The average molecular weight is 471 g/mol. The Labute approximate surface area is 200 Å². The fourth-order valence-electron chi connectivity index (χ4n) is 4.01. The Kier molecular flexibility index (Phi) is 5.23. The summed E-state index contributed by atoms with van der Waals surface area (Å²) in [5, 5.41) is 41.8. The number of phenols is 4. The van der Waals surface area contributed by atoms with E-state index in [1.54, 1.807) is 12.1 Å². The quantitative estimate of drug-likeness (QED) is 0.138. The van der Waals surface area contributed by atoms with E-state index < -0.39 is 23.0 Å². The van der Waals surface area contributed by atoms with Gasteiger partial charge in [-0.1, -0.05) is 66.7 Å². The summed E-state index contributed by atoms with van der Waals surface area (Å²) in [4.78, 5) is 8.70. The highest BCUT2D eigenvalue weighted by Gasteiger charge is 2.22.